The Balaban J connectivity index is 3.01. The Morgan fingerprint density at radius 3 is 2.29 bits per heavy atom. The fourth-order valence-corrected chi connectivity index (χ4v) is 1.61. The fraction of sp³-hybridized carbons (Fsp3) is 0.500. The predicted molar refractivity (Wildman–Crippen MR) is 61.3 cm³/mol. The quantitative estimate of drug-likeness (QED) is 0.728. The average molecular weight is 192 g/mol. The zero-order valence-corrected chi connectivity index (χ0v) is 9.54. The Kier molecular flexibility index (Phi) is 3.04. The average Bonchev–Trinajstić information content (AvgIpc) is 2.02. The van der Waals surface area contributed by atoms with Crippen LogP contribution in [-0.4, -0.2) is 10.9 Å². The van der Waals surface area contributed by atoms with E-state index in [9.17, 15) is 0 Å². The van der Waals surface area contributed by atoms with Crippen LogP contribution in [0.4, 0.5) is 0 Å². The fourth-order valence-electron chi connectivity index (χ4n) is 1.61. The van der Waals surface area contributed by atoms with Crippen molar-refractivity contribution in [1.29, 1.82) is 0 Å². The van der Waals surface area contributed by atoms with Gasteiger partial charge in [-0.15, -0.1) is 0 Å². The standard InChI is InChI=1S/C12H20N2/c1-8(2)11-7-14(9(3)4)10(5)6-12(11)13/h6-9H,5,13H2,1-4H3. The van der Waals surface area contributed by atoms with Gasteiger partial charge in [0.1, 0.15) is 0 Å². The molecule has 1 aliphatic rings. The zero-order valence-electron chi connectivity index (χ0n) is 9.54. The smallest absolute Gasteiger partial charge is 0.0384 e. The minimum atomic E-state index is 0.431. The first-order chi connectivity index (χ1) is 6.43. The van der Waals surface area contributed by atoms with E-state index in [0.29, 0.717) is 12.0 Å². The van der Waals surface area contributed by atoms with E-state index >= 15 is 0 Å². The second-order valence-corrected chi connectivity index (χ2v) is 4.33. The molecule has 2 nitrogen and oxygen atoms in total. The van der Waals surface area contributed by atoms with Gasteiger partial charge < -0.3 is 10.6 Å². The summed E-state index contributed by atoms with van der Waals surface area (Å²) in [5, 5.41) is 0. The summed E-state index contributed by atoms with van der Waals surface area (Å²) in [5.74, 6) is 0.459. The number of hydrogen-bond donors (Lipinski definition) is 1. The van der Waals surface area contributed by atoms with Crippen molar-refractivity contribution < 1.29 is 0 Å². The number of nitrogens with zero attached hydrogens (tertiary/aromatic N) is 1. The molecule has 1 aliphatic heterocycles. The van der Waals surface area contributed by atoms with Crippen LogP contribution < -0.4 is 5.73 Å². The second-order valence-electron chi connectivity index (χ2n) is 4.33. The molecule has 0 aliphatic carbocycles. The van der Waals surface area contributed by atoms with Crippen LogP contribution in [0.2, 0.25) is 0 Å². The monoisotopic (exact) mass is 192 g/mol. The summed E-state index contributed by atoms with van der Waals surface area (Å²) in [6, 6.07) is 0.431. The number of nitrogens with two attached hydrogens (primary N) is 1. The Labute approximate surface area is 86.8 Å². The number of hydrogen-bond acceptors (Lipinski definition) is 2. The van der Waals surface area contributed by atoms with Gasteiger partial charge in [-0.2, -0.15) is 0 Å². The molecule has 0 bridgehead atoms. The van der Waals surface area contributed by atoms with Crippen molar-refractivity contribution >= 4 is 0 Å². The van der Waals surface area contributed by atoms with Gasteiger partial charge in [0.25, 0.3) is 0 Å². The molecule has 0 aromatic carbocycles. The molecule has 1 heterocycles. The summed E-state index contributed by atoms with van der Waals surface area (Å²) in [7, 11) is 0. The molecule has 0 saturated carbocycles. The van der Waals surface area contributed by atoms with Crippen molar-refractivity contribution in [3.8, 4) is 0 Å². The first kappa shape index (κ1) is 10.9. The molecular weight excluding hydrogens is 172 g/mol. The van der Waals surface area contributed by atoms with Crippen LogP contribution >= 0.6 is 0 Å². The van der Waals surface area contributed by atoms with Crippen LogP contribution in [0.25, 0.3) is 0 Å². The molecule has 0 aromatic heterocycles. The molecule has 0 amide bonds. The molecule has 0 radical (unpaired) electrons. The molecule has 2 N–H and O–H groups in total. The van der Waals surface area contributed by atoms with E-state index in [1.165, 1.54) is 5.57 Å². The molecule has 0 aromatic rings. The first-order valence-electron chi connectivity index (χ1n) is 5.10. The highest BCUT2D eigenvalue weighted by Gasteiger charge is 2.17. The van der Waals surface area contributed by atoms with Crippen LogP contribution in [0.1, 0.15) is 27.7 Å². The van der Waals surface area contributed by atoms with Crippen LogP contribution in [0.15, 0.2) is 35.8 Å². The van der Waals surface area contributed by atoms with Gasteiger partial charge in [-0.3, -0.25) is 0 Å². The molecular formula is C12H20N2. The minimum absolute atomic E-state index is 0.431. The number of rotatable bonds is 2. The molecule has 0 fully saturated rings. The number of allylic oxidation sites excluding steroid dienone is 2. The Bertz CT molecular complexity index is 295. The maximum Gasteiger partial charge on any atom is 0.0384 e. The Hall–Kier alpha value is -1.18. The van der Waals surface area contributed by atoms with Crippen molar-refractivity contribution in [2.75, 3.05) is 0 Å². The summed E-state index contributed by atoms with van der Waals surface area (Å²) in [5.41, 5.74) is 8.96. The van der Waals surface area contributed by atoms with Crippen molar-refractivity contribution in [2.24, 2.45) is 11.7 Å². The maximum atomic E-state index is 5.94. The van der Waals surface area contributed by atoms with Crippen molar-refractivity contribution in [2.45, 2.75) is 33.7 Å². The Morgan fingerprint density at radius 1 is 1.29 bits per heavy atom. The van der Waals surface area contributed by atoms with Gasteiger partial charge in [0.15, 0.2) is 0 Å². The first-order valence-corrected chi connectivity index (χ1v) is 5.10. The molecule has 0 atom stereocenters. The maximum absolute atomic E-state index is 5.94. The van der Waals surface area contributed by atoms with Crippen LogP contribution in [0, 0.1) is 5.92 Å². The third-order valence-corrected chi connectivity index (χ3v) is 2.44. The molecule has 0 saturated heterocycles. The van der Waals surface area contributed by atoms with Crippen molar-refractivity contribution in [3.05, 3.63) is 35.8 Å². The van der Waals surface area contributed by atoms with Gasteiger partial charge >= 0.3 is 0 Å². The minimum Gasteiger partial charge on any atom is -0.398 e. The van der Waals surface area contributed by atoms with Gasteiger partial charge in [-0.25, -0.2) is 0 Å². The topological polar surface area (TPSA) is 29.3 Å². The highest BCUT2D eigenvalue weighted by molar-refractivity contribution is 5.40. The SMILES string of the molecule is C=C1C=C(N)C(C(C)C)=CN1C(C)C. The van der Waals surface area contributed by atoms with Gasteiger partial charge in [-0.05, 0) is 31.4 Å². The highest BCUT2D eigenvalue weighted by atomic mass is 15.1. The highest BCUT2D eigenvalue weighted by Crippen LogP contribution is 2.25. The lowest BCUT2D eigenvalue weighted by Gasteiger charge is -2.31. The summed E-state index contributed by atoms with van der Waals surface area (Å²) < 4.78 is 0. The molecule has 78 valence electrons. The molecule has 14 heavy (non-hydrogen) atoms. The van der Waals surface area contributed by atoms with E-state index in [0.717, 1.165) is 11.4 Å². The van der Waals surface area contributed by atoms with Gasteiger partial charge in [0.05, 0.1) is 0 Å². The lowest BCUT2D eigenvalue weighted by molar-refractivity contribution is 0.386. The molecule has 1 rings (SSSR count). The van der Waals surface area contributed by atoms with Crippen LogP contribution in [0.3, 0.4) is 0 Å². The third-order valence-electron chi connectivity index (χ3n) is 2.44. The van der Waals surface area contributed by atoms with Crippen LogP contribution in [0.5, 0.6) is 0 Å². The summed E-state index contributed by atoms with van der Waals surface area (Å²) in [4.78, 5) is 2.16. The molecule has 0 unspecified atom stereocenters. The largest absolute Gasteiger partial charge is 0.398 e. The van der Waals surface area contributed by atoms with Gasteiger partial charge in [-0.1, -0.05) is 20.4 Å². The normalized spacial score (nSPS) is 17.6. The summed E-state index contributed by atoms with van der Waals surface area (Å²) in [6.07, 6.45) is 4.07. The van der Waals surface area contributed by atoms with Gasteiger partial charge in [0.2, 0.25) is 0 Å². The third kappa shape index (κ3) is 2.00. The Morgan fingerprint density at radius 2 is 1.86 bits per heavy atom. The van der Waals surface area contributed by atoms with Crippen molar-refractivity contribution in [3.63, 3.8) is 0 Å². The predicted octanol–water partition coefficient (Wildman–Crippen LogP) is 2.61. The molecule has 2 heteroatoms. The zero-order chi connectivity index (χ0) is 10.9. The lowest BCUT2D eigenvalue weighted by Crippen LogP contribution is -2.28. The lowest BCUT2D eigenvalue weighted by atomic mass is 9.97. The summed E-state index contributed by atoms with van der Waals surface area (Å²) >= 11 is 0. The van der Waals surface area contributed by atoms with E-state index in [-0.39, 0.29) is 0 Å². The van der Waals surface area contributed by atoms with Crippen molar-refractivity contribution in [1.82, 2.24) is 4.90 Å². The van der Waals surface area contributed by atoms with Crippen LogP contribution in [-0.2, 0) is 0 Å². The second kappa shape index (κ2) is 3.91. The van der Waals surface area contributed by atoms with Gasteiger partial charge in [0, 0.05) is 23.6 Å². The van der Waals surface area contributed by atoms with E-state index in [2.05, 4.69) is 45.4 Å². The summed E-state index contributed by atoms with van der Waals surface area (Å²) in [6.45, 7) is 12.6. The van der Waals surface area contributed by atoms with E-state index in [4.69, 9.17) is 5.73 Å². The molecule has 0 spiro atoms. The van der Waals surface area contributed by atoms with E-state index in [1.54, 1.807) is 0 Å². The van der Waals surface area contributed by atoms with E-state index < -0.39 is 0 Å². The van der Waals surface area contributed by atoms with E-state index in [1.807, 2.05) is 6.08 Å².